The van der Waals surface area contributed by atoms with Crippen LogP contribution in [-0.2, 0) is 6.42 Å². The highest BCUT2D eigenvalue weighted by Gasteiger charge is 2.17. The third-order valence-electron chi connectivity index (χ3n) is 2.69. The zero-order valence-electron chi connectivity index (χ0n) is 9.13. The Morgan fingerprint density at radius 2 is 2.40 bits per heavy atom. The van der Waals surface area contributed by atoms with E-state index in [-0.39, 0.29) is 5.78 Å². The van der Waals surface area contributed by atoms with Crippen molar-refractivity contribution >= 4 is 11.5 Å². The molecule has 0 fully saturated rings. The fraction of sp³-hybridized carbons (Fsp3) is 0.417. The second-order valence-corrected chi connectivity index (χ2v) is 4.07. The number of anilines is 1. The van der Waals surface area contributed by atoms with Crippen LogP contribution in [0.4, 0.5) is 5.69 Å². The zero-order chi connectivity index (χ0) is 10.8. The zero-order valence-corrected chi connectivity index (χ0v) is 9.13. The molecule has 1 aliphatic rings. The van der Waals surface area contributed by atoms with Crippen molar-refractivity contribution < 1.29 is 4.79 Å². The maximum Gasteiger partial charge on any atom is 0.176 e. The molecule has 3 nitrogen and oxygen atoms in total. The maximum atomic E-state index is 11.6. The summed E-state index contributed by atoms with van der Waals surface area (Å²) < 4.78 is 0. The van der Waals surface area contributed by atoms with Gasteiger partial charge in [-0.2, -0.15) is 0 Å². The highest BCUT2D eigenvalue weighted by atomic mass is 16.1. The van der Waals surface area contributed by atoms with Crippen molar-refractivity contribution in [2.45, 2.75) is 19.4 Å². The van der Waals surface area contributed by atoms with Gasteiger partial charge in [0.25, 0.3) is 0 Å². The number of carbonyl (C=O) groups excluding carboxylic acids is 1. The average Bonchev–Trinajstić information content (AvgIpc) is 2.57. The Morgan fingerprint density at radius 1 is 1.60 bits per heavy atom. The molecule has 0 aliphatic carbocycles. The van der Waals surface area contributed by atoms with Gasteiger partial charge in [-0.15, -0.1) is 0 Å². The van der Waals surface area contributed by atoms with Crippen molar-refractivity contribution in [3.63, 3.8) is 0 Å². The van der Waals surface area contributed by atoms with E-state index in [2.05, 4.69) is 17.6 Å². The van der Waals surface area contributed by atoms with Gasteiger partial charge in [0, 0.05) is 17.3 Å². The van der Waals surface area contributed by atoms with Crippen LogP contribution in [0.15, 0.2) is 18.2 Å². The van der Waals surface area contributed by atoms with Gasteiger partial charge in [-0.05, 0) is 44.2 Å². The molecular weight excluding hydrogens is 188 g/mol. The predicted octanol–water partition coefficient (Wildman–Crippen LogP) is 1.45. The molecule has 1 aliphatic heterocycles. The van der Waals surface area contributed by atoms with Crippen molar-refractivity contribution in [2.75, 3.05) is 18.9 Å². The molecule has 15 heavy (non-hydrogen) atoms. The lowest BCUT2D eigenvalue weighted by molar-refractivity contribution is 0.0993. The number of benzene rings is 1. The summed E-state index contributed by atoms with van der Waals surface area (Å²) in [7, 11) is 1.79. The molecule has 1 heterocycles. The Labute approximate surface area is 89.9 Å². The van der Waals surface area contributed by atoms with Gasteiger partial charge in [-0.25, -0.2) is 0 Å². The fourth-order valence-corrected chi connectivity index (χ4v) is 1.99. The molecule has 0 saturated heterocycles. The van der Waals surface area contributed by atoms with E-state index in [1.807, 2.05) is 18.2 Å². The first-order chi connectivity index (χ1) is 7.20. The molecule has 0 bridgehead atoms. The van der Waals surface area contributed by atoms with E-state index in [1.165, 1.54) is 11.3 Å². The summed E-state index contributed by atoms with van der Waals surface area (Å²) in [5, 5.41) is 6.25. The number of Topliss-reactive ketones (excluding diaryl/α,β-unsaturated/α-hetero) is 1. The molecule has 0 radical (unpaired) electrons. The molecule has 1 atom stereocenters. The topological polar surface area (TPSA) is 41.1 Å². The first kappa shape index (κ1) is 10.2. The molecule has 3 heteroatoms. The van der Waals surface area contributed by atoms with Crippen LogP contribution >= 0.6 is 0 Å². The van der Waals surface area contributed by atoms with Crippen LogP contribution < -0.4 is 10.6 Å². The summed E-state index contributed by atoms with van der Waals surface area (Å²) in [5.74, 6) is 0.153. The number of carbonyl (C=O) groups is 1. The molecule has 1 aromatic carbocycles. The van der Waals surface area contributed by atoms with E-state index in [1.54, 1.807) is 7.05 Å². The summed E-state index contributed by atoms with van der Waals surface area (Å²) in [6, 6.07) is 6.38. The van der Waals surface area contributed by atoms with Crippen LogP contribution in [0, 0.1) is 0 Å². The van der Waals surface area contributed by atoms with E-state index in [9.17, 15) is 4.79 Å². The summed E-state index contributed by atoms with van der Waals surface area (Å²) in [6.07, 6.45) is 1.01. The van der Waals surface area contributed by atoms with Gasteiger partial charge >= 0.3 is 0 Å². The molecule has 80 valence electrons. The normalized spacial score (nSPS) is 18.4. The molecule has 0 saturated carbocycles. The van der Waals surface area contributed by atoms with Crippen molar-refractivity contribution in [2.24, 2.45) is 0 Å². The maximum absolute atomic E-state index is 11.6. The Hall–Kier alpha value is -1.35. The second-order valence-electron chi connectivity index (χ2n) is 4.07. The SMILES string of the molecule is CNCC(=O)c1ccc2c(c1)CC(C)N2. The van der Waals surface area contributed by atoms with E-state index >= 15 is 0 Å². The minimum Gasteiger partial charge on any atom is -0.382 e. The fourth-order valence-electron chi connectivity index (χ4n) is 1.99. The van der Waals surface area contributed by atoms with Gasteiger partial charge in [-0.3, -0.25) is 4.79 Å². The number of nitrogens with one attached hydrogen (secondary N) is 2. The molecule has 0 spiro atoms. The quantitative estimate of drug-likeness (QED) is 0.732. The van der Waals surface area contributed by atoms with Crippen LogP contribution in [0.2, 0.25) is 0 Å². The van der Waals surface area contributed by atoms with E-state index in [4.69, 9.17) is 0 Å². The first-order valence-corrected chi connectivity index (χ1v) is 5.28. The molecule has 2 N–H and O–H groups in total. The summed E-state index contributed by atoms with van der Waals surface area (Å²) in [4.78, 5) is 11.6. The number of ketones is 1. The van der Waals surface area contributed by atoms with Crippen LogP contribution in [-0.4, -0.2) is 25.4 Å². The number of fused-ring (bicyclic) bond motifs is 1. The number of rotatable bonds is 3. The lowest BCUT2D eigenvalue weighted by Crippen LogP contribution is -2.18. The van der Waals surface area contributed by atoms with Gasteiger partial charge < -0.3 is 10.6 Å². The summed E-state index contributed by atoms with van der Waals surface area (Å²) in [5.41, 5.74) is 3.23. The molecule has 0 aromatic heterocycles. The average molecular weight is 204 g/mol. The van der Waals surface area contributed by atoms with Crippen molar-refractivity contribution in [3.05, 3.63) is 29.3 Å². The van der Waals surface area contributed by atoms with Gasteiger partial charge in [-0.1, -0.05) is 0 Å². The monoisotopic (exact) mass is 204 g/mol. The predicted molar refractivity (Wildman–Crippen MR) is 61.5 cm³/mol. The molecular formula is C12H16N2O. The largest absolute Gasteiger partial charge is 0.382 e. The van der Waals surface area contributed by atoms with E-state index in [0.717, 1.165) is 12.0 Å². The third-order valence-corrected chi connectivity index (χ3v) is 2.69. The highest BCUT2D eigenvalue weighted by molar-refractivity contribution is 5.98. The molecule has 0 amide bonds. The Morgan fingerprint density at radius 3 is 3.13 bits per heavy atom. The number of hydrogen-bond acceptors (Lipinski definition) is 3. The Kier molecular flexibility index (Phi) is 2.73. The molecule has 1 aromatic rings. The minimum absolute atomic E-state index is 0.153. The number of likely N-dealkylation sites (N-methyl/N-ethyl adjacent to an activating group) is 1. The Balaban J connectivity index is 2.23. The smallest absolute Gasteiger partial charge is 0.176 e. The number of hydrogen-bond donors (Lipinski definition) is 2. The van der Waals surface area contributed by atoms with Crippen molar-refractivity contribution in [1.29, 1.82) is 0 Å². The van der Waals surface area contributed by atoms with Crippen LogP contribution in [0.5, 0.6) is 0 Å². The van der Waals surface area contributed by atoms with Crippen molar-refractivity contribution in [3.8, 4) is 0 Å². The summed E-state index contributed by atoms with van der Waals surface area (Å²) in [6.45, 7) is 2.55. The third kappa shape index (κ3) is 2.02. The van der Waals surface area contributed by atoms with Crippen LogP contribution in [0.3, 0.4) is 0 Å². The Bertz CT molecular complexity index is 387. The van der Waals surface area contributed by atoms with Crippen molar-refractivity contribution in [1.82, 2.24) is 5.32 Å². The van der Waals surface area contributed by atoms with Gasteiger partial charge in [0.05, 0.1) is 6.54 Å². The highest BCUT2D eigenvalue weighted by Crippen LogP contribution is 2.26. The standard InChI is InChI=1S/C12H16N2O/c1-8-5-10-6-9(12(15)7-13-2)3-4-11(10)14-8/h3-4,6,8,13-14H,5,7H2,1-2H3. The van der Waals surface area contributed by atoms with Crippen LogP contribution in [0.25, 0.3) is 0 Å². The van der Waals surface area contributed by atoms with Gasteiger partial charge in [0.15, 0.2) is 5.78 Å². The van der Waals surface area contributed by atoms with E-state index in [0.29, 0.717) is 12.6 Å². The van der Waals surface area contributed by atoms with E-state index < -0.39 is 0 Å². The lowest BCUT2D eigenvalue weighted by atomic mass is 10.0. The molecule has 2 rings (SSSR count). The van der Waals surface area contributed by atoms with Gasteiger partial charge in [0.1, 0.15) is 0 Å². The van der Waals surface area contributed by atoms with Crippen LogP contribution in [0.1, 0.15) is 22.8 Å². The lowest BCUT2D eigenvalue weighted by Gasteiger charge is -2.03. The first-order valence-electron chi connectivity index (χ1n) is 5.28. The molecule has 1 unspecified atom stereocenters. The minimum atomic E-state index is 0.153. The second kappa shape index (κ2) is 4.03. The summed E-state index contributed by atoms with van der Waals surface area (Å²) >= 11 is 0. The van der Waals surface area contributed by atoms with Gasteiger partial charge in [0.2, 0.25) is 0 Å².